The second-order valence-corrected chi connectivity index (χ2v) is 11.4. The van der Waals surface area contributed by atoms with E-state index in [1.54, 1.807) is 29.7 Å². The molecule has 0 bridgehead atoms. The van der Waals surface area contributed by atoms with E-state index in [2.05, 4.69) is 36.9 Å². The van der Waals surface area contributed by atoms with Crippen LogP contribution in [0.2, 0.25) is 0 Å². The van der Waals surface area contributed by atoms with Gasteiger partial charge in [-0.2, -0.15) is 0 Å². The van der Waals surface area contributed by atoms with Crippen LogP contribution in [0, 0.1) is 5.82 Å². The van der Waals surface area contributed by atoms with Crippen LogP contribution in [0.4, 0.5) is 4.39 Å². The topological polar surface area (TPSA) is 69.9 Å². The maximum absolute atomic E-state index is 13.7. The lowest BCUT2D eigenvalue weighted by molar-refractivity contribution is -0.136. The molecule has 0 fully saturated rings. The highest BCUT2D eigenvalue weighted by molar-refractivity contribution is 9.11. The fourth-order valence-corrected chi connectivity index (χ4v) is 6.83. The average Bonchev–Trinajstić information content (AvgIpc) is 3.22. The smallest absolute Gasteiger partial charge is 0.338 e. The monoisotopic (exact) mass is 670 g/mol. The summed E-state index contributed by atoms with van der Waals surface area (Å²) in [6.07, 6.45) is 1.78. The molecule has 1 aromatic heterocycles. The highest BCUT2D eigenvalue weighted by atomic mass is 79.9. The summed E-state index contributed by atoms with van der Waals surface area (Å²) >= 11 is 8.37. The van der Waals surface area contributed by atoms with E-state index in [1.165, 1.54) is 30.6 Å². The first kappa shape index (κ1) is 27.2. The van der Waals surface area contributed by atoms with E-state index in [0.717, 1.165) is 16.7 Å². The first-order valence-electron chi connectivity index (χ1n) is 11.8. The van der Waals surface area contributed by atoms with Gasteiger partial charge in [-0.15, -0.1) is 0 Å². The second-order valence-electron chi connectivity index (χ2n) is 8.71. The lowest BCUT2D eigenvalue weighted by atomic mass is 9.96. The molecule has 5 rings (SSSR count). The van der Waals surface area contributed by atoms with E-state index < -0.39 is 12.0 Å². The van der Waals surface area contributed by atoms with Crippen molar-refractivity contribution in [3.8, 4) is 5.75 Å². The van der Waals surface area contributed by atoms with Crippen molar-refractivity contribution in [2.45, 2.75) is 19.6 Å². The number of ether oxygens (including phenoxy) is 2. The molecule has 39 heavy (non-hydrogen) atoms. The van der Waals surface area contributed by atoms with Crippen molar-refractivity contribution in [3.05, 3.63) is 129 Å². The molecule has 2 heterocycles. The van der Waals surface area contributed by atoms with Gasteiger partial charge in [-0.3, -0.25) is 9.36 Å². The predicted molar refractivity (Wildman–Crippen MR) is 155 cm³/mol. The molecule has 10 heteroatoms. The van der Waals surface area contributed by atoms with Crippen molar-refractivity contribution in [3.63, 3.8) is 0 Å². The van der Waals surface area contributed by atoms with Gasteiger partial charge in [-0.1, -0.05) is 53.8 Å². The number of carbonyl (C=O) groups is 1. The minimum atomic E-state index is -0.655. The molecule has 0 saturated carbocycles. The van der Waals surface area contributed by atoms with Crippen molar-refractivity contribution < 1.29 is 18.7 Å². The van der Waals surface area contributed by atoms with Gasteiger partial charge in [-0.05, 0) is 85.8 Å². The number of fused-ring (bicyclic) bond motifs is 1. The molecule has 1 unspecified atom stereocenters. The molecule has 0 saturated heterocycles. The zero-order valence-corrected chi connectivity index (χ0v) is 24.8. The molecule has 1 aliphatic heterocycles. The Morgan fingerprint density at radius 3 is 2.41 bits per heavy atom. The molecule has 6 nitrogen and oxygen atoms in total. The minimum Gasteiger partial charge on any atom is -0.487 e. The summed E-state index contributed by atoms with van der Waals surface area (Å²) in [6, 6.07) is 18.5. The Balaban J connectivity index is 1.54. The highest BCUT2D eigenvalue weighted by Crippen LogP contribution is 2.36. The van der Waals surface area contributed by atoms with E-state index in [9.17, 15) is 14.0 Å². The molecule has 0 radical (unpaired) electrons. The van der Waals surface area contributed by atoms with Gasteiger partial charge in [0.25, 0.3) is 5.56 Å². The molecule has 1 atom stereocenters. The summed E-state index contributed by atoms with van der Waals surface area (Å²) in [5.41, 5.74) is 2.95. The van der Waals surface area contributed by atoms with Crippen LogP contribution < -0.4 is 19.6 Å². The Labute approximate surface area is 244 Å². The summed E-state index contributed by atoms with van der Waals surface area (Å²) in [5, 5.41) is 0. The van der Waals surface area contributed by atoms with Crippen LogP contribution >= 0.6 is 43.2 Å². The fraction of sp³-hybridized carbons (Fsp3) is 0.138. The van der Waals surface area contributed by atoms with Gasteiger partial charge in [0.15, 0.2) is 4.80 Å². The summed E-state index contributed by atoms with van der Waals surface area (Å²) in [4.78, 5) is 31.5. The molecule has 0 N–H and O–H groups in total. The zero-order chi connectivity index (χ0) is 27.7. The number of hydrogen-bond acceptors (Lipinski definition) is 6. The van der Waals surface area contributed by atoms with E-state index in [-0.39, 0.29) is 18.0 Å². The Bertz CT molecular complexity index is 1760. The Morgan fingerprint density at radius 2 is 1.77 bits per heavy atom. The van der Waals surface area contributed by atoms with Gasteiger partial charge in [0, 0.05) is 0 Å². The third kappa shape index (κ3) is 5.54. The van der Waals surface area contributed by atoms with Crippen molar-refractivity contribution in [2.75, 3.05) is 7.11 Å². The van der Waals surface area contributed by atoms with Crippen molar-refractivity contribution in [1.29, 1.82) is 0 Å². The van der Waals surface area contributed by atoms with Crippen molar-refractivity contribution >= 4 is 55.2 Å². The van der Waals surface area contributed by atoms with Crippen molar-refractivity contribution in [2.24, 2.45) is 4.99 Å². The predicted octanol–water partition coefficient (Wildman–Crippen LogP) is 5.65. The molecular weight excluding hydrogens is 651 g/mol. The van der Waals surface area contributed by atoms with Gasteiger partial charge >= 0.3 is 5.97 Å². The van der Waals surface area contributed by atoms with Gasteiger partial charge in [0.2, 0.25) is 0 Å². The number of benzene rings is 3. The van der Waals surface area contributed by atoms with Crippen molar-refractivity contribution in [1.82, 2.24) is 4.57 Å². The highest BCUT2D eigenvalue weighted by Gasteiger charge is 2.32. The third-order valence-corrected chi connectivity index (χ3v) is 8.32. The number of carbonyl (C=O) groups excluding carboxylic acids is 1. The normalized spacial score (nSPS) is 15.1. The lowest BCUT2D eigenvalue weighted by Crippen LogP contribution is -2.39. The fourth-order valence-electron chi connectivity index (χ4n) is 4.33. The van der Waals surface area contributed by atoms with Crippen LogP contribution in [0.1, 0.15) is 29.7 Å². The third-order valence-electron chi connectivity index (χ3n) is 6.16. The molecule has 1 aliphatic rings. The van der Waals surface area contributed by atoms with Crippen LogP contribution in [0.5, 0.6) is 5.75 Å². The first-order chi connectivity index (χ1) is 18.8. The maximum atomic E-state index is 13.7. The van der Waals surface area contributed by atoms with E-state index in [0.29, 0.717) is 35.3 Å². The number of methoxy groups -OCH3 is 1. The van der Waals surface area contributed by atoms with Gasteiger partial charge in [-0.25, -0.2) is 14.2 Å². The number of hydrogen-bond donors (Lipinski definition) is 0. The number of allylic oxidation sites excluding steroid dienone is 1. The Morgan fingerprint density at radius 1 is 1.10 bits per heavy atom. The van der Waals surface area contributed by atoms with E-state index in [1.807, 2.05) is 42.5 Å². The SMILES string of the molecule is COC(=O)C1=C(C)N=c2sc(=Cc3cc(Br)c(OCc4ccc(F)cc4)c(Br)c3)c(=O)n2C1c1ccccc1. The van der Waals surface area contributed by atoms with Gasteiger partial charge in [0.1, 0.15) is 18.2 Å². The minimum absolute atomic E-state index is 0.259. The van der Waals surface area contributed by atoms with Crippen LogP contribution in [0.3, 0.4) is 0 Å². The molecule has 0 spiro atoms. The standard InChI is InChI=1S/C29H21Br2FN2O4S/c1-16-24(28(36)37-2)25(19-6-4-3-5-7-19)34-27(35)23(39-29(34)33-16)14-18-12-21(30)26(22(31)13-18)38-15-17-8-10-20(32)11-9-17/h3-14,25H,15H2,1-2H3. The Kier molecular flexibility index (Phi) is 7.97. The molecule has 3 aromatic carbocycles. The number of thiazole rings is 1. The number of nitrogens with zero attached hydrogens (tertiary/aromatic N) is 2. The summed E-state index contributed by atoms with van der Waals surface area (Å²) in [5.74, 6) is -0.244. The van der Waals surface area contributed by atoms with E-state index >= 15 is 0 Å². The number of esters is 1. The Hall–Kier alpha value is -3.34. The lowest BCUT2D eigenvalue weighted by Gasteiger charge is -2.24. The molecule has 0 aliphatic carbocycles. The molecular formula is C29H21Br2FN2O4S. The van der Waals surface area contributed by atoms with Crippen LogP contribution in [-0.2, 0) is 16.1 Å². The van der Waals surface area contributed by atoms with Crippen LogP contribution in [0.15, 0.2) is 96.7 Å². The molecule has 198 valence electrons. The van der Waals surface area contributed by atoms with Gasteiger partial charge < -0.3 is 9.47 Å². The average molecular weight is 672 g/mol. The summed E-state index contributed by atoms with van der Waals surface area (Å²) in [6.45, 7) is 2.01. The van der Waals surface area contributed by atoms with Crippen LogP contribution in [-0.4, -0.2) is 17.6 Å². The van der Waals surface area contributed by atoms with E-state index in [4.69, 9.17) is 9.47 Å². The number of halogens is 3. The zero-order valence-electron chi connectivity index (χ0n) is 20.8. The largest absolute Gasteiger partial charge is 0.487 e. The summed E-state index contributed by atoms with van der Waals surface area (Å²) in [7, 11) is 1.32. The second kappa shape index (κ2) is 11.4. The summed E-state index contributed by atoms with van der Waals surface area (Å²) < 4.78 is 27.6. The maximum Gasteiger partial charge on any atom is 0.338 e. The number of rotatable bonds is 6. The number of aromatic nitrogens is 1. The van der Waals surface area contributed by atoms with Crippen LogP contribution in [0.25, 0.3) is 6.08 Å². The first-order valence-corrected chi connectivity index (χ1v) is 14.2. The quantitative estimate of drug-likeness (QED) is 0.249. The molecule has 4 aromatic rings. The molecule has 0 amide bonds. The van der Waals surface area contributed by atoms with Gasteiger partial charge in [0.05, 0.1) is 37.9 Å².